The summed E-state index contributed by atoms with van der Waals surface area (Å²) >= 11 is 0. The van der Waals surface area contributed by atoms with Gasteiger partial charge in [-0.05, 0) is 88.9 Å². The Labute approximate surface area is 181 Å². The zero-order valence-corrected chi connectivity index (χ0v) is 18.5. The summed E-state index contributed by atoms with van der Waals surface area (Å²) in [4.78, 5) is 12.1. The SMILES string of the molecule is Cc1ccc(C(C)N2CCC(CCc3ccccc3)(c3ccccn3)CC2)c(C)n1. The fourth-order valence-corrected chi connectivity index (χ4v) is 5.01. The van der Waals surface area contributed by atoms with Crippen LogP contribution in [0.1, 0.15) is 60.4 Å². The number of aryl methyl sites for hydroxylation is 3. The number of hydrogen-bond acceptors (Lipinski definition) is 3. The smallest absolute Gasteiger partial charge is 0.0466 e. The van der Waals surface area contributed by atoms with Crippen molar-refractivity contribution in [3.63, 3.8) is 0 Å². The van der Waals surface area contributed by atoms with E-state index in [0.717, 1.165) is 50.2 Å². The minimum Gasteiger partial charge on any atom is -0.296 e. The molecule has 1 atom stereocenters. The Morgan fingerprint density at radius 1 is 0.933 bits per heavy atom. The highest BCUT2D eigenvalue weighted by atomic mass is 15.2. The molecule has 1 aliphatic heterocycles. The summed E-state index contributed by atoms with van der Waals surface area (Å²) in [5.41, 5.74) is 6.46. The number of nitrogens with zero attached hydrogens (tertiary/aromatic N) is 3. The highest BCUT2D eigenvalue weighted by molar-refractivity contribution is 5.26. The van der Waals surface area contributed by atoms with E-state index in [4.69, 9.17) is 9.97 Å². The van der Waals surface area contributed by atoms with Crippen LogP contribution in [0.4, 0.5) is 0 Å². The van der Waals surface area contributed by atoms with Crippen LogP contribution in [-0.4, -0.2) is 28.0 Å². The molecule has 3 heteroatoms. The van der Waals surface area contributed by atoms with Crippen LogP contribution >= 0.6 is 0 Å². The summed E-state index contributed by atoms with van der Waals surface area (Å²) in [6.45, 7) is 8.73. The molecule has 1 aromatic carbocycles. The lowest BCUT2D eigenvalue weighted by atomic mass is 9.71. The lowest BCUT2D eigenvalue weighted by Crippen LogP contribution is -2.44. The van der Waals surface area contributed by atoms with Crippen LogP contribution in [0.25, 0.3) is 0 Å². The van der Waals surface area contributed by atoms with Crippen molar-refractivity contribution in [2.24, 2.45) is 0 Å². The predicted octanol–water partition coefficient (Wildman–Crippen LogP) is 5.82. The first kappa shape index (κ1) is 20.7. The third kappa shape index (κ3) is 4.46. The maximum Gasteiger partial charge on any atom is 0.0466 e. The van der Waals surface area contributed by atoms with E-state index in [2.05, 4.69) is 80.3 Å². The van der Waals surface area contributed by atoms with E-state index in [1.54, 1.807) is 0 Å². The molecule has 1 unspecified atom stereocenters. The van der Waals surface area contributed by atoms with Crippen molar-refractivity contribution in [2.75, 3.05) is 13.1 Å². The molecule has 3 heterocycles. The van der Waals surface area contributed by atoms with E-state index in [9.17, 15) is 0 Å². The number of likely N-dealkylation sites (tertiary alicyclic amines) is 1. The summed E-state index contributed by atoms with van der Waals surface area (Å²) in [6.07, 6.45) is 6.52. The zero-order valence-electron chi connectivity index (χ0n) is 18.5. The lowest BCUT2D eigenvalue weighted by Gasteiger charge is -2.44. The van der Waals surface area contributed by atoms with Crippen LogP contribution in [0, 0.1) is 13.8 Å². The Balaban J connectivity index is 1.51. The maximum absolute atomic E-state index is 4.81. The minimum absolute atomic E-state index is 0.161. The van der Waals surface area contributed by atoms with Crippen molar-refractivity contribution < 1.29 is 0 Å². The van der Waals surface area contributed by atoms with Crippen LogP contribution in [0.3, 0.4) is 0 Å². The molecular formula is C27H33N3. The van der Waals surface area contributed by atoms with Crippen molar-refractivity contribution in [1.82, 2.24) is 14.9 Å². The number of piperidine rings is 1. The van der Waals surface area contributed by atoms with Crippen molar-refractivity contribution >= 4 is 0 Å². The lowest BCUT2D eigenvalue weighted by molar-refractivity contribution is 0.114. The number of aromatic nitrogens is 2. The first-order valence-corrected chi connectivity index (χ1v) is 11.2. The van der Waals surface area contributed by atoms with Gasteiger partial charge in [-0.25, -0.2) is 0 Å². The maximum atomic E-state index is 4.81. The normalized spacial score (nSPS) is 17.6. The van der Waals surface area contributed by atoms with Crippen molar-refractivity contribution in [1.29, 1.82) is 0 Å². The van der Waals surface area contributed by atoms with Crippen LogP contribution in [0.2, 0.25) is 0 Å². The van der Waals surface area contributed by atoms with Gasteiger partial charge in [0.15, 0.2) is 0 Å². The summed E-state index contributed by atoms with van der Waals surface area (Å²) in [5, 5.41) is 0. The molecule has 1 aliphatic rings. The van der Waals surface area contributed by atoms with Gasteiger partial charge in [0.1, 0.15) is 0 Å². The molecule has 0 N–H and O–H groups in total. The highest BCUT2D eigenvalue weighted by Gasteiger charge is 2.38. The number of hydrogen-bond donors (Lipinski definition) is 0. The van der Waals surface area contributed by atoms with Gasteiger partial charge in [0.05, 0.1) is 0 Å². The van der Waals surface area contributed by atoms with Crippen LogP contribution in [-0.2, 0) is 11.8 Å². The molecule has 30 heavy (non-hydrogen) atoms. The van der Waals surface area contributed by atoms with Gasteiger partial charge in [-0.15, -0.1) is 0 Å². The molecule has 0 radical (unpaired) electrons. The van der Waals surface area contributed by atoms with Crippen molar-refractivity contribution in [3.05, 3.63) is 95.1 Å². The van der Waals surface area contributed by atoms with E-state index < -0.39 is 0 Å². The second-order valence-corrected chi connectivity index (χ2v) is 8.82. The largest absolute Gasteiger partial charge is 0.296 e. The number of pyridine rings is 2. The monoisotopic (exact) mass is 399 g/mol. The average Bonchev–Trinajstić information content (AvgIpc) is 2.79. The minimum atomic E-state index is 0.161. The summed E-state index contributed by atoms with van der Waals surface area (Å²) in [7, 11) is 0. The molecule has 0 spiro atoms. The quantitative estimate of drug-likeness (QED) is 0.523. The molecule has 3 aromatic rings. The number of rotatable bonds is 6. The third-order valence-electron chi connectivity index (χ3n) is 6.96. The van der Waals surface area contributed by atoms with Crippen LogP contribution < -0.4 is 0 Å². The fraction of sp³-hybridized carbons (Fsp3) is 0.407. The van der Waals surface area contributed by atoms with Gasteiger partial charge >= 0.3 is 0 Å². The number of benzene rings is 1. The summed E-state index contributed by atoms with van der Waals surface area (Å²) in [6, 6.07) is 22.1. The zero-order chi connectivity index (χ0) is 21.0. The fourth-order valence-electron chi connectivity index (χ4n) is 5.01. The molecule has 0 aliphatic carbocycles. The molecular weight excluding hydrogens is 366 g/mol. The Hall–Kier alpha value is -2.52. The predicted molar refractivity (Wildman–Crippen MR) is 124 cm³/mol. The standard InChI is InChI=1S/C27H33N3/c1-21-12-13-25(22(2)29-21)23(3)30-19-16-27(17-20-30,26-11-7-8-18-28-26)15-14-24-9-5-4-6-10-24/h4-13,18,23H,14-17,19-20H2,1-3H3. The Morgan fingerprint density at radius 2 is 1.67 bits per heavy atom. The second-order valence-electron chi connectivity index (χ2n) is 8.82. The molecule has 1 saturated heterocycles. The molecule has 1 fully saturated rings. The van der Waals surface area contributed by atoms with E-state index >= 15 is 0 Å². The van der Waals surface area contributed by atoms with Gasteiger partial charge in [-0.2, -0.15) is 0 Å². The van der Waals surface area contributed by atoms with Crippen molar-refractivity contribution in [2.45, 2.75) is 57.9 Å². The van der Waals surface area contributed by atoms with E-state index in [1.165, 1.54) is 16.8 Å². The van der Waals surface area contributed by atoms with E-state index in [0.29, 0.717) is 6.04 Å². The average molecular weight is 400 g/mol. The van der Waals surface area contributed by atoms with Crippen molar-refractivity contribution in [3.8, 4) is 0 Å². The first-order valence-electron chi connectivity index (χ1n) is 11.2. The van der Waals surface area contributed by atoms with Crippen LogP contribution in [0.5, 0.6) is 0 Å². The molecule has 0 amide bonds. The molecule has 0 bridgehead atoms. The Bertz CT molecular complexity index is 944. The van der Waals surface area contributed by atoms with Gasteiger partial charge < -0.3 is 0 Å². The van der Waals surface area contributed by atoms with Gasteiger partial charge in [-0.1, -0.05) is 42.5 Å². The van der Waals surface area contributed by atoms with Gasteiger partial charge in [-0.3, -0.25) is 14.9 Å². The third-order valence-corrected chi connectivity index (χ3v) is 6.96. The van der Waals surface area contributed by atoms with Gasteiger partial charge in [0.2, 0.25) is 0 Å². The molecule has 4 rings (SSSR count). The molecule has 2 aromatic heterocycles. The molecule has 156 valence electrons. The first-order chi connectivity index (χ1) is 14.6. The van der Waals surface area contributed by atoms with Crippen LogP contribution in [0.15, 0.2) is 66.9 Å². The molecule has 3 nitrogen and oxygen atoms in total. The van der Waals surface area contributed by atoms with Gasteiger partial charge in [0, 0.05) is 34.7 Å². The van der Waals surface area contributed by atoms with Gasteiger partial charge in [0.25, 0.3) is 0 Å². The van der Waals surface area contributed by atoms with E-state index in [-0.39, 0.29) is 5.41 Å². The van der Waals surface area contributed by atoms with E-state index in [1.807, 2.05) is 12.3 Å². The summed E-state index contributed by atoms with van der Waals surface area (Å²) < 4.78 is 0. The Morgan fingerprint density at radius 3 is 2.33 bits per heavy atom. The summed E-state index contributed by atoms with van der Waals surface area (Å²) in [5.74, 6) is 0. The second kappa shape index (κ2) is 9.09. The Kier molecular flexibility index (Phi) is 6.29. The topological polar surface area (TPSA) is 29.0 Å². The highest BCUT2D eigenvalue weighted by Crippen LogP contribution is 2.40. The molecule has 0 saturated carbocycles.